The van der Waals surface area contributed by atoms with Crippen molar-refractivity contribution in [1.29, 1.82) is 0 Å². The summed E-state index contributed by atoms with van der Waals surface area (Å²) < 4.78 is 0. The lowest BCUT2D eigenvalue weighted by Crippen LogP contribution is -2.25. The van der Waals surface area contributed by atoms with Crippen LogP contribution in [-0.2, 0) is 0 Å². The number of hydrogen-bond acceptors (Lipinski definition) is 1. The van der Waals surface area contributed by atoms with Crippen LogP contribution in [0.1, 0.15) is 58.1 Å². The van der Waals surface area contributed by atoms with Gasteiger partial charge in [-0.25, -0.2) is 0 Å². The maximum atomic E-state index is 5.90. The maximum Gasteiger partial charge on any atom is 0.0406 e. The smallest absolute Gasteiger partial charge is 0.0406 e. The monoisotopic (exact) mass is 267 g/mol. The molecule has 102 valence electrons. The molecule has 1 unspecified atom stereocenters. The Balaban J connectivity index is 2.39. The van der Waals surface area contributed by atoms with Crippen molar-refractivity contribution in [2.24, 2.45) is 5.92 Å². The SMILES string of the molecule is CCCCC(CC)CN[C@@H](C)c1ccc(Cl)cc1. The zero-order valence-electron chi connectivity index (χ0n) is 11.9. The number of unbranched alkanes of at least 4 members (excludes halogenated alkanes) is 1. The summed E-state index contributed by atoms with van der Waals surface area (Å²) >= 11 is 5.90. The fourth-order valence-electron chi connectivity index (χ4n) is 2.16. The lowest BCUT2D eigenvalue weighted by Gasteiger charge is -2.20. The highest BCUT2D eigenvalue weighted by Gasteiger charge is 2.09. The summed E-state index contributed by atoms with van der Waals surface area (Å²) in [4.78, 5) is 0. The van der Waals surface area contributed by atoms with Crippen molar-refractivity contribution in [2.45, 2.75) is 52.5 Å². The van der Waals surface area contributed by atoms with Gasteiger partial charge in [-0.2, -0.15) is 0 Å². The van der Waals surface area contributed by atoms with Crippen molar-refractivity contribution in [3.8, 4) is 0 Å². The van der Waals surface area contributed by atoms with Gasteiger partial charge in [0.15, 0.2) is 0 Å². The standard InChI is InChI=1S/C16H26ClN/c1-4-6-7-14(5-2)12-18-13(3)15-8-10-16(17)11-9-15/h8-11,13-14,18H,4-7,12H2,1-3H3/t13-,14?/m0/s1. The number of rotatable bonds is 8. The van der Waals surface area contributed by atoms with Crippen LogP contribution in [-0.4, -0.2) is 6.54 Å². The summed E-state index contributed by atoms with van der Waals surface area (Å²) in [7, 11) is 0. The predicted octanol–water partition coefficient (Wildman–Crippen LogP) is 5.21. The molecule has 1 rings (SSSR count). The van der Waals surface area contributed by atoms with E-state index in [2.05, 4.69) is 38.2 Å². The van der Waals surface area contributed by atoms with Gasteiger partial charge in [-0.05, 0) is 43.5 Å². The molecule has 0 aromatic heterocycles. The van der Waals surface area contributed by atoms with Gasteiger partial charge in [0.25, 0.3) is 0 Å². The highest BCUT2D eigenvalue weighted by atomic mass is 35.5. The molecule has 0 spiro atoms. The average molecular weight is 268 g/mol. The zero-order chi connectivity index (χ0) is 13.4. The Hall–Kier alpha value is -0.530. The summed E-state index contributed by atoms with van der Waals surface area (Å²) in [6.45, 7) is 7.88. The van der Waals surface area contributed by atoms with Gasteiger partial charge < -0.3 is 5.32 Å². The largest absolute Gasteiger partial charge is 0.310 e. The van der Waals surface area contributed by atoms with E-state index in [0.29, 0.717) is 6.04 Å². The summed E-state index contributed by atoms with van der Waals surface area (Å²) in [6.07, 6.45) is 5.24. The minimum atomic E-state index is 0.401. The first-order chi connectivity index (χ1) is 8.67. The topological polar surface area (TPSA) is 12.0 Å². The molecular weight excluding hydrogens is 242 g/mol. The summed E-state index contributed by atoms with van der Waals surface area (Å²) in [5.41, 5.74) is 1.31. The average Bonchev–Trinajstić information content (AvgIpc) is 2.39. The van der Waals surface area contributed by atoms with Gasteiger partial charge in [-0.15, -0.1) is 0 Å². The molecule has 0 amide bonds. The lowest BCUT2D eigenvalue weighted by atomic mass is 9.98. The van der Waals surface area contributed by atoms with Gasteiger partial charge in [0.05, 0.1) is 0 Å². The molecule has 0 saturated heterocycles. The second-order valence-corrected chi connectivity index (χ2v) is 5.53. The second-order valence-electron chi connectivity index (χ2n) is 5.10. The fourth-order valence-corrected chi connectivity index (χ4v) is 2.28. The summed E-state index contributed by atoms with van der Waals surface area (Å²) in [6, 6.07) is 8.53. The van der Waals surface area contributed by atoms with E-state index in [0.717, 1.165) is 17.5 Å². The van der Waals surface area contributed by atoms with Crippen molar-refractivity contribution in [2.75, 3.05) is 6.54 Å². The van der Waals surface area contributed by atoms with E-state index in [1.165, 1.54) is 31.2 Å². The van der Waals surface area contributed by atoms with Crippen molar-refractivity contribution in [3.05, 3.63) is 34.9 Å². The van der Waals surface area contributed by atoms with Crippen LogP contribution in [0.15, 0.2) is 24.3 Å². The molecular formula is C16H26ClN. The zero-order valence-corrected chi connectivity index (χ0v) is 12.6. The second kappa shape index (κ2) is 8.55. The molecule has 1 N–H and O–H groups in total. The first-order valence-electron chi connectivity index (χ1n) is 7.16. The molecule has 18 heavy (non-hydrogen) atoms. The first kappa shape index (κ1) is 15.5. The Bertz CT molecular complexity index is 320. The van der Waals surface area contributed by atoms with Crippen LogP contribution in [0.3, 0.4) is 0 Å². The lowest BCUT2D eigenvalue weighted by molar-refractivity contribution is 0.398. The third-order valence-corrected chi connectivity index (χ3v) is 3.88. The molecule has 0 bridgehead atoms. The predicted molar refractivity (Wildman–Crippen MR) is 81.2 cm³/mol. The molecule has 2 atom stereocenters. The van der Waals surface area contributed by atoms with Crippen molar-refractivity contribution in [3.63, 3.8) is 0 Å². The Kier molecular flexibility index (Phi) is 7.38. The molecule has 0 saturated carbocycles. The third-order valence-electron chi connectivity index (χ3n) is 3.63. The van der Waals surface area contributed by atoms with Crippen LogP contribution in [0.4, 0.5) is 0 Å². The molecule has 0 aliphatic heterocycles. The van der Waals surface area contributed by atoms with E-state index < -0.39 is 0 Å². The molecule has 0 heterocycles. The van der Waals surface area contributed by atoms with Crippen LogP contribution in [0, 0.1) is 5.92 Å². The van der Waals surface area contributed by atoms with Crippen molar-refractivity contribution >= 4 is 11.6 Å². The highest BCUT2D eigenvalue weighted by molar-refractivity contribution is 6.30. The Labute approximate surface area is 117 Å². The quantitative estimate of drug-likeness (QED) is 0.682. The van der Waals surface area contributed by atoms with Crippen LogP contribution < -0.4 is 5.32 Å². The van der Waals surface area contributed by atoms with Crippen LogP contribution >= 0.6 is 11.6 Å². The van der Waals surface area contributed by atoms with Crippen LogP contribution in [0.5, 0.6) is 0 Å². The number of hydrogen-bond donors (Lipinski definition) is 1. The molecule has 0 radical (unpaired) electrons. The molecule has 0 aliphatic carbocycles. The Morgan fingerprint density at radius 1 is 1.17 bits per heavy atom. The molecule has 1 aromatic rings. The van der Waals surface area contributed by atoms with Gasteiger partial charge in [-0.3, -0.25) is 0 Å². The van der Waals surface area contributed by atoms with Crippen LogP contribution in [0.25, 0.3) is 0 Å². The van der Waals surface area contributed by atoms with E-state index in [9.17, 15) is 0 Å². The minimum Gasteiger partial charge on any atom is -0.310 e. The van der Waals surface area contributed by atoms with Gasteiger partial charge in [0.1, 0.15) is 0 Å². The van der Waals surface area contributed by atoms with Gasteiger partial charge >= 0.3 is 0 Å². The van der Waals surface area contributed by atoms with Gasteiger partial charge in [0.2, 0.25) is 0 Å². The van der Waals surface area contributed by atoms with E-state index in [-0.39, 0.29) is 0 Å². The van der Waals surface area contributed by atoms with Crippen LogP contribution in [0.2, 0.25) is 5.02 Å². The Morgan fingerprint density at radius 2 is 1.83 bits per heavy atom. The number of halogens is 1. The fraction of sp³-hybridized carbons (Fsp3) is 0.625. The number of nitrogens with one attached hydrogen (secondary N) is 1. The van der Waals surface area contributed by atoms with Crippen molar-refractivity contribution in [1.82, 2.24) is 5.32 Å². The van der Waals surface area contributed by atoms with E-state index in [1.807, 2.05) is 12.1 Å². The molecule has 0 fully saturated rings. The molecule has 2 heteroatoms. The van der Waals surface area contributed by atoms with Gasteiger partial charge in [0, 0.05) is 11.1 Å². The summed E-state index contributed by atoms with van der Waals surface area (Å²) in [5, 5.41) is 4.44. The molecule has 1 nitrogen and oxygen atoms in total. The number of benzene rings is 1. The van der Waals surface area contributed by atoms with E-state index >= 15 is 0 Å². The normalized spacial score (nSPS) is 14.4. The highest BCUT2D eigenvalue weighted by Crippen LogP contribution is 2.17. The van der Waals surface area contributed by atoms with E-state index in [4.69, 9.17) is 11.6 Å². The minimum absolute atomic E-state index is 0.401. The Morgan fingerprint density at radius 3 is 2.39 bits per heavy atom. The summed E-state index contributed by atoms with van der Waals surface area (Å²) in [5.74, 6) is 0.805. The molecule has 1 aromatic carbocycles. The molecule has 0 aliphatic rings. The first-order valence-corrected chi connectivity index (χ1v) is 7.54. The van der Waals surface area contributed by atoms with Gasteiger partial charge in [-0.1, -0.05) is 56.8 Å². The van der Waals surface area contributed by atoms with E-state index in [1.54, 1.807) is 0 Å². The maximum absolute atomic E-state index is 5.90. The third kappa shape index (κ3) is 5.41. The van der Waals surface area contributed by atoms with Crippen molar-refractivity contribution < 1.29 is 0 Å².